The van der Waals surface area contributed by atoms with Gasteiger partial charge in [-0.25, -0.2) is 0 Å². The van der Waals surface area contributed by atoms with Crippen LogP contribution in [0.25, 0.3) is 22.3 Å². The van der Waals surface area contributed by atoms with Crippen LogP contribution in [-0.2, 0) is 28.4 Å². The van der Waals surface area contributed by atoms with Crippen molar-refractivity contribution >= 4 is 11.0 Å². The summed E-state index contributed by atoms with van der Waals surface area (Å²) < 4.78 is 44.9. The van der Waals surface area contributed by atoms with Crippen LogP contribution in [0.1, 0.15) is 6.42 Å². The van der Waals surface area contributed by atoms with E-state index in [4.69, 9.17) is 37.6 Å². The summed E-state index contributed by atoms with van der Waals surface area (Å²) in [5.41, 5.74) is -1.43. The van der Waals surface area contributed by atoms with Crippen molar-refractivity contribution < 1.29 is 93.7 Å². The van der Waals surface area contributed by atoms with E-state index in [1.165, 1.54) is 13.2 Å². The zero-order chi connectivity index (χ0) is 38.3. The van der Waals surface area contributed by atoms with Crippen LogP contribution in [0, 0.1) is 0 Å². The van der Waals surface area contributed by atoms with Gasteiger partial charge in [0, 0.05) is 31.2 Å². The number of aliphatic hydroxyl groups is 7. The Morgan fingerprint density at radius 2 is 1.36 bits per heavy atom. The summed E-state index contributed by atoms with van der Waals surface area (Å²) in [4.78, 5) is 13.7. The molecule has 11 N–H and O–H groups in total. The van der Waals surface area contributed by atoms with Gasteiger partial charge in [0.15, 0.2) is 29.8 Å². The third kappa shape index (κ3) is 7.73. The molecule has 0 bridgehead atoms. The number of aliphatic hydroxyl groups excluding tert-OH is 7. The van der Waals surface area contributed by atoms with Crippen molar-refractivity contribution in [2.75, 3.05) is 26.9 Å². The van der Waals surface area contributed by atoms with Gasteiger partial charge < -0.3 is 93.7 Å². The highest BCUT2D eigenvalue weighted by Crippen LogP contribution is 2.39. The van der Waals surface area contributed by atoms with E-state index in [0.29, 0.717) is 0 Å². The summed E-state index contributed by atoms with van der Waals surface area (Å²) in [6, 6.07) is 5.17. The van der Waals surface area contributed by atoms with Crippen LogP contribution in [0.2, 0.25) is 0 Å². The van der Waals surface area contributed by atoms with Gasteiger partial charge in [-0.2, -0.15) is 0 Å². The Morgan fingerprint density at radius 1 is 0.717 bits per heavy atom. The van der Waals surface area contributed by atoms with Crippen molar-refractivity contribution in [3.63, 3.8) is 0 Å². The number of aromatic hydroxyl groups is 4. The molecule has 0 amide bonds. The van der Waals surface area contributed by atoms with Gasteiger partial charge in [-0.05, 0) is 18.2 Å². The van der Waals surface area contributed by atoms with Crippen LogP contribution >= 0.6 is 0 Å². The van der Waals surface area contributed by atoms with Crippen molar-refractivity contribution in [2.24, 2.45) is 0 Å². The fourth-order valence-corrected chi connectivity index (χ4v) is 6.27. The quantitative estimate of drug-likeness (QED) is 0.0896. The highest BCUT2D eigenvalue weighted by atomic mass is 16.7. The first-order chi connectivity index (χ1) is 25.2. The minimum atomic E-state index is -2.03. The van der Waals surface area contributed by atoms with E-state index in [2.05, 4.69) is 0 Å². The van der Waals surface area contributed by atoms with Gasteiger partial charge in [0.05, 0.1) is 25.9 Å². The molecule has 0 spiro atoms. The van der Waals surface area contributed by atoms with Gasteiger partial charge in [-0.1, -0.05) is 0 Å². The normalized spacial score (nSPS) is 34.8. The van der Waals surface area contributed by atoms with Crippen LogP contribution < -0.4 is 10.2 Å². The SMILES string of the molecule is CO[C@H]1CC(OC[C@H]2O[C@@H](OC[C@H]3O[C@@H](Oc4c(-c5ccc(O)c(O)c5)oc5cc(O)cc(O)c5c4=O)[C@H](O)[C@@H](O)[C@@H]3O)[C@H](O)[C@@H](O)[C@@H]2O)[C@@H](CO)O1. The monoisotopic (exact) mass is 756 g/mol. The second kappa shape index (κ2) is 15.8. The molecule has 3 fully saturated rings. The van der Waals surface area contributed by atoms with Gasteiger partial charge in [0.1, 0.15) is 77.4 Å². The lowest BCUT2D eigenvalue weighted by atomic mass is 9.98. The van der Waals surface area contributed by atoms with Crippen LogP contribution in [0.15, 0.2) is 39.5 Å². The molecule has 1 aromatic heterocycles. The topological polar surface area (TPSA) is 317 Å². The van der Waals surface area contributed by atoms with Crippen molar-refractivity contribution in [1.82, 2.24) is 0 Å². The minimum Gasteiger partial charge on any atom is -0.508 e. The maximum atomic E-state index is 13.7. The van der Waals surface area contributed by atoms with Crippen LogP contribution in [0.5, 0.6) is 28.7 Å². The average Bonchev–Trinajstić information content (AvgIpc) is 3.54. The maximum Gasteiger partial charge on any atom is 0.239 e. The lowest BCUT2D eigenvalue weighted by Gasteiger charge is -2.43. The number of phenols is 4. The molecule has 20 nitrogen and oxygen atoms in total. The fourth-order valence-electron chi connectivity index (χ4n) is 6.27. The molecule has 3 aliphatic heterocycles. The highest BCUT2D eigenvalue weighted by Gasteiger charge is 2.49. The highest BCUT2D eigenvalue weighted by molar-refractivity contribution is 5.88. The van der Waals surface area contributed by atoms with E-state index in [-0.39, 0.29) is 30.8 Å². The molecule has 3 aromatic rings. The van der Waals surface area contributed by atoms with Crippen LogP contribution in [-0.4, -0.2) is 163 Å². The lowest BCUT2D eigenvalue weighted by Crippen LogP contribution is -2.62. The van der Waals surface area contributed by atoms with Crippen molar-refractivity contribution in [2.45, 2.75) is 86.3 Å². The Balaban J connectivity index is 1.21. The molecule has 292 valence electrons. The third-order valence-electron chi connectivity index (χ3n) is 9.23. The van der Waals surface area contributed by atoms with Crippen molar-refractivity contribution in [1.29, 1.82) is 0 Å². The maximum absolute atomic E-state index is 13.7. The van der Waals surface area contributed by atoms with E-state index < -0.39 is 132 Å². The number of phenolic OH excluding ortho intramolecular Hbond substituents is 4. The molecule has 3 saturated heterocycles. The smallest absolute Gasteiger partial charge is 0.239 e. The first kappa shape index (κ1) is 38.8. The second-order valence-electron chi connectivity index (χ2n) is 12.7. The van der Waals surface area contributed by atoms with Crippen LogP contribution in [0.4, 0.5) is 0 Å². The first-order valence-electron chi connectivity index (χ1n) is 16.4. The number of rotatable bonds is 11. The Bertz CT molecular complexity index is 1800. The van der Waals surface area contributed by atoms with Crippen molar-refractivity contribution in [3.8, 4) is 40.1 Å². The van der Waals surface area contributed by atoms with Gasteiger partial charge in [0.2, 0.25) is 17.5 Å². The molecule has 1 unspecified atom stereocenters. The van der Waals surface area contributed by atoms with Gasteiger partial charge in [0.25, 0.3) is 0 Å². The first-order valence-corrected chi connectivity index (χ1v) is 16.4. The predicted molar refractivity (Wildman–Crippen MR) is 172 cm³/mol. The standard InChI is InChI=1S/C33H40O20/c1-46-21-7-16(18(8-34)49-21)47-9-19-23(39)26(42)28(44)32(51-19)48-10-20-24(40)27(43)29(45)33(52-20)53-31-25(41)22-15(38)5-12(35)6-17(22)50-30(31)11-2-3-13(36)14(37)4-11/h2-6,16,18-21,23-24,26-29,32-40,42-45H,7-10H2,1H3/t16?,18-,19-,20-,21-,23-,24-,26+,27+,28-,29-,32-,33+/m1/s1. The van der Waals surface area contributed by atoms with Gasteiger partial charge in [-0.3, -0.25) is 4.79 Å². The molecule has 6 rings (SSSR count). The van der Waals surface area contributed by atoms with E-state index in [0.717, 1.165) is 24.3 Å². The molecule has 0 radical (unpaired) electrons. The third-order valence-corrected chi connectivity index (χ3v) is 9.23. The summed E-state index contributed by atoms with van der Waals surface area (Å²) in [6.45, 7) is -1.44. The summed E-state index contributed by atoms with van der Waals surface area (Å²) in [5.74, 6) is -3.48. The number of benzene rings is 2. The average molecular weight is 757 g/mol. The molecule has 3 aliphatic rings. The largest absolute Gasteiger partial charge is 0.508 e. The molecule has 20 heteroatoms. The molecule has 0 aliphatic carbocycles. The number of methoxy groups -OCH3 is 1. The van der Waals surface area contributed by atoms with Crippen molar-refractivity contribution in [3.05, 3.63) is 40.6 Å². The zero-order valence-corrected chi connectivity index (χ0v) is 27.8. The summed E-state index contributed by atoms with van der Waals surface area (Å²) in [7, 11) is 1.41. The van der Waals surface area contributed by atoms with E-state index >= 15 is 0 Å². The molecular formula is C33H40O20. The predicted octanol–water partition coefficient (Wildman–Crippen LogP) is -2.57. The zero-order valence-electron chi connectivity index (χ0n) is 27.8. The summed E-state index contributed by atoms with van der Waals surface area (Å²) in [6.07, 6.45) is -19.4. The lowest BCUT2D eigenvalue weighted by molar-refractivity contribution is -0.325. The second-order valence-corrected chi connectivity index (χ2v) is 12.7. The van der Waals surface area contributed by atoms with E-state index in [1.807, 2.05) is 0 Å². The Morgan fingerprint density at radius 3 is 2.00 bits per heavy atom. The van der Waals surface area contributed by atoms with E-state index in [1.54, 1.807) is 0 Å². The number of ether oxygens (including phenoxy) is 7. The van der Waals surface area contributed by atoms with Gasteiger partial charge in [-0.15, -0.1) is 0 Å². The molecular weight excluding hydrogens is 716 g/mol. The van der Waals surface area contributed by atoms with Gasteiger partial charge >= 0.3 is 0 Å². The summed E-state index contributed by atoms with van der Waals surface area (Å²) >= 11 is 0. The number of hydrogen-bond donors (Lipinski definition) is 11. The number of hydrogen-bond acceptors (Lipinski definition) is 20. The van der Waals surface area contributed by atoms with E-state index in [9.17, 15) is 61.0 Å². The molecule has 4 heterocycles. The Labute approximate surface area is 298 Å². The molecule has 0 saturated carbocycles. The fraction of sp³-hybridized carbons (Fsp3) is 0.545. The summed E-state index contributed by atoms with van der Waals surface area (Å²) in [5, 5.41) is 114. The minimum absolute atomic E-state index is 0.0588. The molecule has 53 heavy (non-hydrogen) atoms. The Hall–Kier alpha value is -3.87. The number of fused-ring (bicyclic) bond motifs is 1. The van der Waals surface area contributed by atoms with Crippen LogP contribution in [0.3, 0.4) is 0 Å². The molecule has 13 atom stereocenters. The molecule has 2 aromatic carbocycles. The Kier molecular flexibility index (Phi) is 11.6.